The standard InChI is InChI=1S/C16H19N7O5/c1-21-6-3-4-9(21)15(26)22-7-5-8(11(22)16(27)28-2)23-12(14(18)25)10(13(17)24)19-20-23/h3-4,6,8,11H,5,7H2,1-2H3,(H2,17,24)(H2,18,25). The molecule has 12 nitrogen and oxygen atoms in total. The second kappa shape index (κ2) is 7.13. The van der Waals surface area contributed by atoms with Crippen LogP contribution in [0.4, 0.5) is 0 Å². The lowest BCUT2D eigenvalue weighted by Crippen LogP contribution is -2.45. The summed E-state index contributed by atoms with van der Waals surface area (Å²) >= 11 is 0. The minimum absolute atomic E-state index is 0.193. The van der Waals surface area contributed by atoms with E-state index in [1.165, 1.54) is 12.0 Å². The molecule has 3 amide bonds. The zero-order chi connectivity index (χ0) is 20.6. The molecule has 0 aliphatic carbocycles. The van der Waals surface area contributed by atoms with Crippen molar-refractivity contribution in [1.29, 1.82) is 0 Å². The molecule has 1 aliphatic heterocycles. The lowest BCUT2D eigenvalue weighted by Gasteiger charge is -2.26. The number of amides is 3. The summed E-state index contributed by atoms with van der Waals surface area (Å²) in [6, 6.07) is 1.43. The van der Waals surface area contributed by atoms with Gasteiger partial charge in [-0.1, -0.05) is 5.21 Å². The maximum atomic E-state index is 13.0. The fraction of sp³-hybridized carbons (Fsp3) is 0.375. The zero-order valence-corrected chi connectivity index (χ0v) is 15.2. The molecule has 3 heterocycles. The van der Waals surface area contributed by atoms with E-state index in [1.54, 1.807) is 29.9 Å². The first-order valence-corrected chi connectivity index (χ1v) is 8.32. The fourth-order valence-electron chi connectivity index (χ4n) is 3.42. The molecule has 2 aromatic heterocycles. The number of hydrogen-bond acceptors (Lipinski definition) is 7. The molecule has 1 aliphatic rings. The van der Waals surface area contributed by atoms with Gasteiger partial charge in [-0.3, -0.25) is 14.4 Å². The van der Waals surface area contributed by atoms with Gasteiger partial charge in [0.05, 0.1) is 13.2 Å². The van der Waals surface area contributed by atoms with Crippen LogP contribution in [0.2, 0.25) is 0 Å². The van der Waals surface area contributed by atoms with Gasteiger partial charge >= 0.3 is 5.97 Å². The Morgan fingerprint density at radius 1 is 1.21 bits per heavy atom. The molecule has 2 aromatic rings. The van der Waals surface area contributed by atoms with Crippen LogP contribution in [0.15, 0.2) is 18.3 Å². The smallest absolute Gasteiger partial charge is 0.330 e. The number of aryl methyl sites for hydroxylation is 1. The molecule has 0 radical (unpaired) electrons. The van der Waals surface area contributed by atoms with Gasteiger partial charge in [-0.05, 0) is 18.6 Å². The van der Waals surface area contributed by atoms with Crippen molar-refractivity contribution in [3.05, 3.63) is 35.4 Å². The Bertz CT molecular complexity index is 962. The highest BCUT2D eigenvalue weighted by Crippen LogP contribution is 2.32. The van der Waals surface area contributed by atoms with E-state index in [2.05, 4.69) is 10.3 Å². The summed E-state index contributed by atoms with van der Waals surface area (Å²) in [4.78, 5) is 50.2. The normalized spacial score (nSPS) is 18.9. The van der Waals surface area contributed by atoms with Gasteiger partial charge in [-0.25, -0.2) is 9.48 Å². The van der Waals surface area contributed by atoms with Crippen LogP contribution in [0, 0.1) is 0 Å². The topological polar surface area (TPSA) is 168 Å². The highest BCUT2D eigenvalue weighted by atomic mass is 16.5. The van der Waals surface area contributed by atoms with Crippen LogP contribution < -0.4 is 11.5 Å². The Morgan fingerprint density at radius 2 is 1.93 bits per heavy atom. The summed E-state index contributed by atoms with van der Waals surface area (Å²) < 4.78 is 7.56. The number of nitrogens with two attached hydrogens (primary N) is 2. The molecule has 0 spiro atoms. The van der Waals surface area contributed by atoms with Gasteiger partial charge in [-0.15, -0.1) is 5.10 Å². The fourth-order valence-corrected chi connectivity index (χ4v) is 3.42. The molecule has 2 unspecified atom stereocenters. The Hall–Kier alpha value is -3.70. The second-order valence-corrected chi connectivity index (χ2v) is 6.29. The van der Waals surface area contributed by atoms with Crippen LogP contribution in [0.5, 0.6) is 0 Å². The number of likely N-dealkylation sites (tertiary alicyclic amines) is 1. The number of hydrogen-bond donors (Lipinski definition) is 2. The molecule has 12 heteroatoms. The van der Waals surface area contributed by atoms with Crippen molar-refractivity contribution < 1.29 is 23.9 Å². The molecule has 0 bridgehead atoms. The predicted molar refractivity (Wildman–Crippen MR) is 93.0 cm³/mol. The minimum Gasteiger partial charge on any atom is -0.467 e. The number of aromatic nitrogens is 4. The lowest BCUT2D eigenvalue weighted by atomic mass is 10.1. The van der Waals surface area contributed by atoms with Gasteiger partial charge in [0.25, 0.3) is 17.7 Å². The highest BCUT2D eigenvalue weighted by molar-refractivity contribution is 6.03. The molecule has 4 N–H and O–H groups in total. The van der Waals surface area contributed by atoms with Crippen molar-refractivity contribution in [2.45, 2.75) is 18.5 Å². The molecule has 148 valence electrons. The van der Waals surface area contributed by atoms with Crippen molar-refractivity contribution in [2.75, 3.05) is 13.7 Å². The number of carbonyl (C=O) groups excluding carboxylic acids is 4. The average molecular weight is 389 g/mol. The Kier molecular flexibility index (Phi) is 4.86. The molecule has 1 fully saturated rings. The average Bonchev–Trinajstić information content (AvgIpc) is 3.36. The van der Waals surface area contributed by atoms with Gasteiger partial charge < -0.3 is 25.7 Å². The molecule has 2 atom stereocenters. The first kappa shape index (κ1) is 19.1. The first-order valence-electron chi connectivity index (χ1n) is 8.32. The molecule has 0 saturated carbocycles. The summed E-state index contributed by atoms with van der Waals surface area (Å²) in [5.74, 6) is -3.04. The third-order valence-electron chi connectivity index (χ3n) is 4.71. The van der Waals surface area contributed by atoms with E-state index < -0.39 is 35.6 Å². The Morgan fingerprint density at radius 3 is 2.46 bits per heavy atom. The van der Waals surface area contributed by atoms with E-state index in [4.69, 9.17) is 16.2 Å². The van der Waals surface area contributed by atoms with E-state index in [0.29, 0.717) is 5.69 Å². The Labute approximate surface area is 159 Å². The number of carbonyl (C=O) groups is 4. The highest BCUT2D eigenvalue weighted by Gasteiger charge is 2.46. The van der Waals surface area contributed by atoms with Crippen molar-refractivity contribution in [2.24, 2.45) is 18.5 Å². The van der Waals surface area contributed by atoms with Crippen LogP contribution >= 0.6 is 0 Å². The van der Waals surface area contributed by atoms with Crippen molar-refractivity contribution in [3.63, 3.8) is 0 Å². The van der Waals surface area contributed by atoms with E-state index in [1.807, 2.05) is 0 Å². The number of primary amides is 2. The maximum absolute atomic E-state index is 13.0. The predicted octanol–water partition coefficient (Wildman–Crippen LogP) is -1.56. The van der Waals surface area contributed by atoms with Gasteiger partial charge in [0, 0.05) is 19.8 Å². The van der Waals surface area contributed by atoms with Crippen LogP contribution in [0.3, 0.4) is 0 Å². The largest absolute Gasteiger partial charge is 0.467 e. The van der Waals surface area contributed by atoms with E-state index >= 15 is 0 Å². The molecule has 1 saturated heterocycles. The number of nitrogens with zero attached hydrogens (tertiary/aromatic N) is 5. The van der Waals surface area contributed by atoms with Crippen molar-refractivity contribution in [1.82, 2.24) is 24.5 Å². The Balaban J connectivity index is 2.04. The number of methoxy groups -OCH3 is 1. The SMILES string of the molecule is COC(=O)C1C(n2nnc(C(N)=O)c2C(N)=O)CCN1C(=O)c1cccn1C. The number of rotatable bonds is 5. The van der Waals surface area contributed by atoms with Gasteiger partial charge in [0.15, 0.2) is 17.4 Å². The monoisotopic (exact) mass is 389 g/mol. The quantitative estimate of drug-likeness (QED) is 0.583. The number of ether oxygens (including phenoxy) is 1. The summed E-state index contributed by atoms with van der Waals surface area (Å²) in [6.07, 6.45) is 1.97. The molecular formula is C16H19N7O5. The second-order valence-electron chi connectivity index (χ2n) is 6.29. The van der Waals surface area contributed by atoms with E-state index in [9.17, 15) is 19.2 Å². The molecule has 28 heavy (non-hydrogen) atoms. The summed E-state index contributed by atoms with van der Waals surface area (Å²) in [5, 5.41) is 7.41. The third-order valence-corrected chi connectivity index (χ3v) is 4.71. The summed E-state index contributed by atoms with van der Waals surface area (Å²) in [5.41, 5.74) is 10.2. The molecule has 0 aromatic carbocycles. The van der Waals surface area contributed by atoms with Crippen molar-refractivity contribution in [3.8, 4) is 0 Å². The van der Waals surface area contributed by atoms with Crippen LogP contribution in [-0.4, -0.2) is 67.8 Å². The minimum atomic E-state index is -1.09. The van der Waals surface area contributed by atoms with Crippen LogP contribution in [-0.2, 0) is 16.6 Å². The van der Waals surface area contributed by atoms with Crippen LogP contribution in [0.1, 0.15) is 43.9 Å². The van der Waals surface area contributed by atoms with Crippen LogP contribution in [0.25, 0.3) is 0 Å². The first-order chi connectivity index (χ1) is 13.3. The zero-order valence-electron chi connectivity index (χ0n) is 15.2. The summed E-state index contributed by atoms with van der Waals surface area (Å²) in [6.45, 7) is 0.193. The van der Waals surface area contributed by atoms with Crippen molar-refractivity contribution >= 4 is 23.7 Å². The third kappa shape index (κ3) is 2.98. The van der Waals surface area contributed by atoms with E-state index in [-0.39, 0.29) is 24.6 Å². The lowest BCUT2D eigenvalue weighted by molar-refractivity contribution is -0.146. The van der Waals surface area contributed by atoms with Gasteiger partial charge in [-0.2, -0.15) is 0 Å². The maximum Gasteiger partial charge on any atom is 0.330 e. The molecule has 3 rings (SSSR count). The summed E-state index contributed by atoms with van der Waals surface area (Å²) in [7, 11) is 2.89. The van der Waals surface area contributed by atoms with Gasteiger partial charge in [0.1, 0.15) is 5.69 Å². The van der Waals surface area contributed by atoms with Gasteiger partial charge in [0.2, 0.25) is 0 Å². The molecular weight excluding hydrogens is 370 g/mol. The van der Waals surface area contributed by atoms with E-state index in [0.717, 1.165) is 4.68 Å². The number of esters is 1.